The normalized spacial score (nSPS) is 11.3. The molecule has 0 fully saturated rings. The predicted octanol–water partition coefficient (Wildman–Crippen LogP) is 0.878. The summed E-state index contributed by atoms with van der Waals surface area (Å²) in [7, 11) is -3.06. The molecule has 0 unspecified atom stereocenters. The molecular formula is C9H12O4S2. The third-order valence-corrected chi connectivity index (χ3v) is 3.40. The van der Waals surface area contributed by atoms with Gasteiger partial charge in [-0.3, -0.25) is 4.79 Å². The molecule has 0 amide bonds. The largest absolute Gasteiger partial charge is 0.464 e. The third-order valence-electron chi connectivity index (χ3n) is 1.62. The highest BCUT2D eigenvalue weighted by Crippen LogP contribution is 2.09. The molecular weight excluding hydrogens is 236 g/mol. The van der Waals surface area contributed by atoms with E-state index in [1.54, 1.807) is 0 Å². The molecule has 15 heavy (non-hydrogen) atoms. The van der Waals surface area contributed by atoms with E-state index in [1.165, 1.54) is 11.3 Å². The zero-order chi connectivity index (χ0) is 11.3. The Morgan fingerprint density at radius 2 is 2.27 bits per heavy atom. The highest BCUT2D eigenvalue weighted by Gasteiger charge is 2.07. The zero-order valence-corrected chi connectivity index (χ0v) is 9.94. The van der Waals surface area contributed by atoms with Crippen LogP contribution in [0.1, 0.15) is 4.88 Å². The van der Waals surface area contributed by atoms with Crippen LogP contribution in [0, 0.1) is 0 Å². The summed E-state index contributed by atoms with van der Waals surface area (Å²) in [6, 6.07) is 3.69. The number of sulfone groups is 1. The maximum absolute atomic E-state index is 11.2. The molecule has 0 aliphatic heterocycles. The number of carbonyl (C=O) groups excluding carboxylic acids is 1. The van der Waals surface area contributed by atoms with Gasteiger partial charge in [0, 0.05) is 11.1 Å². The second kappa shape index (κ2) is 5.27. The van der Waals surface area contributed by atoms with Crippen molar-refractivity contribution in [2.45, 2.75) is 6.42 Å². The Hall–Kier alpha value is -0.880. The minimum absolute atomic E-state index is 0.0664. The van der Waals surface area contributed by atoms with Gasteiger partial charge in [0.1, 0.15) is 6.61 Å². The van der Waals surface area contributed by atoms with E-state index in [1.807, 2.05) is 17.5 Å². The van der Waals surface area contributed by atoms with Crippen LogP contribution >= 0.6 is 11.3 Å². The monoisotopic (exact) mass is 248 g/mol. The Bertz CT molecular complexity index is 405. The van der Waals surface area contributed by atoms with Gasteiger partial charge in [-0.25, -0.2) is 8.42 Å². The van der Waals surface area contributed by atoms with Gasteiger partial charge in [-0.05, 0) is 11.4 Å². The first-order valence-electron chi connectivity index (χ1n) is 4.33. The SMILES string of the molecule is CS(=O)(=O)CCOC(=O)Cc1cccs1. The summed E-state index contributed by atoms with van der Waals surface area (Å²) in [6.07, 6.45) is 1.32. The fourth-order valence-electron chi connectivity index (χ4n) is 0.913. The van der Waals surface area contributed by atoms with Crippen molar-refractivity contribution in [3.8, 4) is 0 Å². The molecule has 0 aliphatic carbocycles. The maximum Gasteiger partial charge on any atom is 0.311 e. The van der Waals surface area contributed by atoms with E-state index in [2.05, 4.69) is 0 Å². The van der Waals surface area contributed by atoms with Crippen molar-refractivity contribution >= 4 is 27.1 Å². The molecule has 0 bridgehead atoms. The average Bonchev–Trinajstić information content (AvgIpc) is 2.54. The van der Waals surface area contributed by atoms with Crippen molar-refractivity contribution in [2.75, 3.05) is 18.6 Å². The lowest BCUT2D eigenvalue weighted by molar-refractivity contribution is -0.142. The fraction of sp³-hybridized carbons (Fsp3) is 0.444. The second-order valence-electron chi connectivity index (χ2n) is 3.11. The molecule has 1 aromatic heterocycles. The molecule has 0 atom stereocenters. The van der Waals surface area contributed by atoms with Gasteiger partial charge in [-0.1, -0.05) is 6.07 Å². The van der Waals surface area contributed by atoms with Gasteiger partial charge in [0.2, 0.25) is 0 Å². The Morgan fingerprint density at radius 3 is 2.80 bits per heavy atom. The summed E-state index contributed by atoms with van der Waals surface area (Å²) in [5, 5.41) is 1.87. The lowest BCUT2D eigenvalue weighted by Crippen LogP contribution is -2.15. The minimum atomic E-state index is -3.06. The van der Waals surface area contributed by atoms with E-state index in [4.69, 9.17) is 4.74 Å². The Labute approximate surface area is 92.8 Å². The summed E-state index contributed by atoms with van der Waals surface area (Å²) < 4.78 is 26.3. The highest BCUT2D eigenvalue weighted by atomic mass is 32.2. The van der Waals surface area contributed by atoms with Crippen molar-refractivity contribution < 1.29 is 17.9 Å². The molecule has 0 spiro atoms. The van der Waals surface area contributed by atoms with E-state index >= 15 is 0 Å². The standard InChI is InChI=1S/C9H12O4S2/c1-15(11,12)6-4-13-9(10)7-8-3-2-5-14-8/h2-3,5H,4,6-7H2,1H3. The zero-order valence-electron chi connectivity index (χ0n) is 8.30. The molecule has 1 heterocycles. The van der Waals surface area contributed by atoms with E-state index in [0.29, 0.717) is 0 Å². The van der Waals surface area contributed by atoms with Gasteiger partial charge in [-0.2, -0.15) is 0 Å². The van der Waals surface area contributed by atoms with E-state index in [0.717, 1.165) is 11.1 Å². The summed E-state index contributed by atoms with van der Waals surface area (Å²) >= 11 is 1.47. The van der Waals surface area contributed by atoms with Gasteiger partial charge < -0.3 is 4.74 Å². The summed E-state index contributed by atoms with van der Waals surface area (Å²) in [4.78, 5) is 12.1. The number of thiophene rings is 1. The Morgan fingerprint density at radius 1 is 1.53 bits per heavy atom. The molecule has 0 aromatic carbocycles. The van der Waals surface area contributed by atoms with E-state index < -0.39 is 9.84 Å². The molecule has 0 saturated heterocycles. The number of hydrogen-bond donors (Lipinski definition) is 0. The van der Waals surface area contributed by atoms with Crippen LogP contribution in [-0.4, -0.2) is 33.0 Å². The average molecular weight is 248 g/mol. The van der Waals surface area contributed by atoms with Crippen molar-refractivity contribution in [3.63, 3.8) is 0 Å². The number of rotatable bonds is 5. The molecule has 0 saturated carbocycles. The molecule has 0 radical (unpaired) electrons. The number of ether oxygens (including phenoxy) is 1. The van der Waals surface area contributed by atoms with Crippen LogP contribution in [0.5, 0.6) is 0 Å². The quantitative estimate of drug-likeness (QED) is 0.726. The van der Waals surface area contributed by atoms with Crippen molar-refractivity contribution in [3.05, 3.63) is 22.4 Å². The van der Waals surface area contributed by atoms with Crippen LogP contribution in [0.4, 0.5) is 0 Å². The lowest BCUT2D eigenvalue weighted by Gasteiger charge is -2.02. The van der Waals surface area contributed by atoms with Gasteiger partial charge in [-0.15, -0.1) is 11.3 Å². The Balaban J connectivity index is 2.26. The number of carbonyl (C=O) groups is 1. The lowest BCUT2D eigenvalue weighted by atomic mass is 10.3. The topological polar surface area (TPSA) is 60.4 Å². The number of hydrogen-bond acceptors (Lipinski definition) is 5. The second-order valence-corrected chi connectivity index (χ2v) is 6.40. The molecule has 1 aromatic rings. The molecule has 84 valence electrons. The first-order chi connectivity index (χ1) is 6.97. The minimum Gasteiger partial charge on any atom is -0.464 e. The highest BCUT2D eigenvalue weighted by molar-refractivity contribution is 7.90. The van der Waals surface area contributed by atoms with Crippen LogP contribution in [0.2, 0.25) is 0 Å². The van der Waals surface area contributed by atoms with Crippen LogP contribution in [-0.2, 0) is 25.8 Å². The molecule has 0 aliphatic rings. The predicted molar refractivity (Wildman–Crippen MR) is 58.7 cm³/mol. The maximum atomic E-state index is 11.2. The summed E-state index contributed by atoms with van der Waals surface area (Å²) in [5.74, 6) is -0.510. The smallest absolute Gasteiger partial charge is 0.311 e. The van der Waals surface area contributed by atoms with Crippen molar-refractivity contribution in [2.24, 2.45) is 0 Å². The van der Waals surface area contributed by atoms with Gasteiger partial charge >= 0.3 is 5.97 Å². The first-order valence-corrected chi connectivity index (χ1v) is 7.27. The number of esters is 1. The first kappa shape index (κ1) is 12.2. The van der Waals surface area contributed by atoms with Gasteiger partial charge in [0.05, 0.1) is 12.2 Å². The van der Waals surface area contributed by atoms with E-state index in [9.17, 15) is 13.2 Å². The van der Waals surface area contributed by atoms with Crippen molar-refractivity contribution in [1.29, 1.82) is 0 Å². The molecule has 1 rings (SSSR count). The van der Waals surface area contributed by atoms with Crippen LogP contribution < -0.4 is 0 Å². The van der Waals surface area contributed by atoms with Crippen LogP contribution in [0.25, 0.3) is 0 Å². The fourth-order valence-corrected chi connectivity index (χ4v) is 1.99. The van der Waals surface area contributed by atoms with Gasteiger partial charge in [0.25, 0.3) is 0 Å². The molecule has 0 N–H and O–H groups in total. The molecule has 4 nitrogen and oxygen atoms in total. The van der Waals surface area contributed by atoms with Crippen molar-refractivity contribution in [1.82, 2.24) is 0 Å². The van der Waals surface area contributed by atoms with Crippen LogP contribution in [0.3, 0.4) is 0 Å². The third kappa shape index (κ3) is 5.54. The van der Waals surface area contributed by atoms with Gasteiger partial charge in [0.15, 0.2) is 9.84 Å². The van der Waals surface area contributed by atoms with E-state index in [-0.39, 0.29) is 24.7 Å². The summed E-state index contributed by atoms with van der Waals surface area (Å²) in [6.45, 7) is -0.0664. The molecule has 6 heteroatoms. The summed E-state index contributed by atoms with van der Waals surface area (Å²) in [5.41, 5.74) is 0. The van der Waals surface area contributed by atoms with Crippen LogP contribution in [0.15, 0.2) is 17.5 Å². The Kier molecular flexibility index (Phi) is 4.28.